The van der Waals surface area contributed by atoms with E-state index in [1.165, 1.54) is 17.7 Å². The number of amides is 1. The molecule has 1 atom stereocenters. The number of nitrogens with one attached hydrogen (secondary N) is 3. The lowest BCUT2D eigenvalue weighted by atomic mass is 10.1. The van der Waals surface area contributed by atoms with Gasteiger partial charge in [0.15, 0.2) is 5.96 Å². The molecule has 1 aliphatic rings. The quantitative estimate of drug-likeness (QED) is 0.402. The third kappa shape index (κ3) is 7.36. The Labute approximate surface area is 190 Å². The summed E-state index contributed by atoms with van der Waals surface area (Å²) in [7, 11) is 1.80. The van der Waals surface area contributed by atoms with Crippen LogP contribution in [-0.4, -0.2) is 43.4 Å². The maximum absolute atomic E-state index is 12.0. The number of likely N-dealkylation sites (tertiary alicyclic amines) is 1. The molecule has 1 unspecified atom stereocenters. The SMILES string of the molecule is CN=C(NCc1cccc(NC(=O)CC(C)C)c1)NCC(c1cccs1)N1CCCC1. The van der Waals surface area contributed by atoms with Crippen LogP contribution >= 0.6 is 11.3 Å². The third-order valence-corrected chi connectivity index (χ3v) is 6.38. The van der Waals surface area contributed by atoms with Crippen molar-refractivity contribution in [3.8, 4) is 0 Å². The highest BCUT2D eigenvalue weighted by atomic mass is 32.1. The largest absolute Gasteiger partial charge is 0.354 e. The second-order valence-corrected chi connectivity index (χ2v) is 9.41. The van der Waals surface area contributed by atoms with Crippen LogP contribution in [0.3, 0.4) is 0 Å². The second-order valence-electron chi connectivity index (χ2n) is 8.43. The number of hydrogen-bond donors (Lipinski definition) is 3. The fourth-order valence-corrected chi connectivity index (χ4v) is 4.75. The van der Waals surface area contributed by atoms with Crippen LogP contribution in [0, 0.1) is 5.92 Å². The van der Waals surface area contributed by atoms with Gasteiger partial charge in [0.2, 0.25) is 5.91 Å². The Morgan fingerprint density at radius 3 is 2.65 bits per heavy atom. The van der Waals surface area contributed by atoms with Crippen molar-refractivity contribution in [2.45, 2.75) is 45.7 Å². The normalized spacial score (nSPS) is 15.8. The minimum atomic E-state index is 0.0547. The van der Waals surface area contributed by atoms with Gasteiger partial charge in [-0.1, -0.05) is 32.0 Å². The Bertz CT molecular complexity index is 843. The van der Waals surface area contributed by atoms with Crippen molar-refractivity contribution in [2.75, 3.05) is 32.0 Å². The van der Waals surface area contributed by atoms with E-state index in [1.807, 2.05) is 43.4 Å². The molecule has 3 N–H and O–H groups in total. The van der Waals surface area contributed by atoms with E-state index >= 15 is 0 Å². The number of benzene rings is 1. The first-order chi connectivity index (χ1) is 15.0. The minimum Gasteiger partial charge on any atom is -0.354 e. The molecule has 1 aromatic carbocycles. The van der Waals surface area contributed by atoms with Crippen LogP contribution in [0.1, 0.15) is 49.6 Å². The summed E-state index contributed by atoms with van der Waals surface area (Å²) in [5.41, 5.74) is 1.93. The summed E-state index contributed by atoms with van der Waals surface area (Å²) in [6, 6.07) is 12.7. The van der Waals surface area contributed by atoms with Gasteiger partial charge in [0, 0.05) is 37.1 Å². The van der Waals surface area contributed by atoms with E-state index in [4.69, 9.17) is 0 Å². The Morgan fingerprint density at radius 2 is 1.97 bits per heavy atom. The van der Waals surface area contributed by atoms with Gasteiger partial charge in [0.05, 0.1) is 6.04 Å². The Hall–Kier alpha value is -2.38. The molecule has 2 aromatic rings. The van der Waals surface area contributed by atoms with Crippen molar-refractivity contribution in [3.05, 3.63) is 52.2 Å². The van der Waals surface area contributed by atoms with Gasteiger partial charge in [-0.2, -0.15) is 0 Å². The van der Waals surface area contributed by atoms with Crippen molar-refractivity contribution >= 4 is 28.9 Å². The summed E-state index contributed by atoms with van der Waals surface area (Å²) in [4.78, 5) is 20.4. The first-order valence-corrected chi connectivity index (χ1v) is 12.0. The van der Waals surface area contributed by atoms with Crippen LogP contribution in [0.4, 0.5) is 5.69 Å². The second kappa shape index (κ2) is 11.9. The molecule has 1 fully saturated rings. The number of anilines is 1. The number of hydrogen-bond acceptors (Lipinski definition) is 4. The van der Waals surface area contributed by atoms with Gasteiger partial charge in [-0.25, -0.2) is 0 Å². The van der Waals surface area contributed by atoms with Crippen molar-refractivity contribution in [3.63, 3.8) is 0 Å². The van der Waals surface area contributed by atoms with Crippen LogP contribution < -0.4 is 16.0 Å². The number of carbonyl (C=O) groups is 1. The predicted octanol–water partition coefficient (Wildman–Crippen LogP) is 4.23. The molecular weight excluding hydrogens is 406 g/mol. The van der Waals surface area contributed by atoms with Gasteiger partial charge in [0.25, 0.3) is 0 Å². The number of rotatable bonds is 9. The summed E-state index contributed by atoms with van der Waals surface area (Å²) in [6.07, 6.45) is 3.08. The van der Waals surface area contributed by atoms with E-state index in [0.29, 0.717) is 24.9 Å². The molecule has 1 saturated heterocycles. The zero-order valence-electron chi connectivity index (χ0n) is 18.9. The molecule has 1 aliphatic heterocycles. The highest BCUT2D eigenvalue weighted by Gasteiger charge is 2.24. The summed E-state index contributed by atoms with van der Waals surface area (Å²) in [5.74, 6) is 1.19. The van der Waals surface area contributed by atoms with Crippen molar-refractivity contribution in [2.24, 2.45) is 10.9 Å². The molecule has 0 aliphatic carbocycles. The lowest BCUT2D eigenvalue weighted by Crippen LogP contribution is -2.42. The Balaban J connectivity index is 1.53. The van der Waals surface area contributed by atoms with Crippen molar-refractivity contribution < 1.29 is 4.79 Å². The summed E-state index contributed by atoms with van der Waals surface area (Å²) < 4.78 is 0. The van der Waals surface area contributed by atoms with Crippen LogP contribution in [0.25, 0.3) is 0 Å². The monoisotopic (exact) mass is 441 g/mol. The summed E-state index contributed by atoms with van der Waals surface area (Å²) in [6.45, 7) is 7.88. The van der Waals surface area contributed by atoms with Gasteiger partial charge in [-0.15, -0.1) is 11.3 Å². The first kappa shape index (κ1) is 23.3. The van der Waals surface area contributed by atoms with Gasteiger partial charge >= 0.3 is 0 Å². The molecule has 0 radical (unpaired) electrons. The van der Waals surface area contributed by atoms with E-state index < -0.39 is 0 Å². The Morgan fingerprint density at radius 1 is 1.16 bits per heavy atom. The zero-order chi connectivity index (χ0) is 22.1. The molecule has 0 spiro atoms. The number of aliphatic imine (C=N–C) groups is 1. The minimum absolute atomic E-state index is 0.0547. The summed E-state index contributed by atoms with van der Waals surface area (Å²) in [5, 5.41) is 12.0. The van der Waals surface area contributed by atoms with Crippen LogP contribution in [-0.2, 0) is 11.3 Å². The molecule has 168 valence electrons. The maximum atomic E-state index is 12.0. The smallest absolute Gasteiger partial charge is 0.224 e. The average Bonchev–Trinajstić information content (AvgIpc) is 3.45. The molecule has 7 heteroatoms. The highest BCUT2D eigenvalue weighted by Crippen LogP contribution is 2.27. The fraction of sp³-hybridized carbons (Fsp3) is 0.500. The fourth-order valence-electron chi connectivity index (χ4n) is 3.89. The molecule has 0 bridgehead atoms. The standard InChI is InChI=1S/C24H35N5OS/c1-18(2)14-23(30)28-20-9-6-8-19(15-20)16-26-24(25-3)27-17-21(22-10-7-13-31-22)29-11-4-5-12-29/h6-10,13,15,18,21H,4-5,11-12,14,16-17H2,1-3H3,(H,28,30)(H2,25,26,27). The molecule has 6 nitrogen and oxygen atoms in total. The maximum Gasteiger partial charge on any atom is 0.224 e. The lowest BCUT2D eigenvalue weighted by Gasteiger charge is -2.27. The molecule has 0 saturated carbocycles. The van der Waals surface area contributed by atoms with Crippen LogP contribution in [0.2, 0.25) is 0 Å². The van der Waals surface area contributed by atoms with Crippen LogP contribution in [0.5, 0.6) is 0 Å². The topological polar surface area (TPSA) is 68.8 Å². The van der Waals surface area contributed by atoms with Gasteiger partial charge in [0.1, 0.15) is 0 Å². The van der Waals surface area contributed by atoms with E-state index in [2.05, 4.69) is 49.4 Å². The van der Waals surface area contributed by atoms with E-state index in [9.17, 15) is 4.79 Å². The molecule has 1 aromatic heterocycles. The molecular formula is C24H35N5OS. The predicted molar refractivity (Wildman–Crippen MR) is 131 cm³/mol. The molecule has 2 heterocycles. The van der Waals surface area contributed by atoms with Crippen molar-refractivity contribution in [1.82, 2.24) is 15.5 Å². The molecule has 1 amide bonds. The first-order valence-electron chi connectivity index (χ1n) is 11.2. The van der Waals surface area contributed by atoms with Gasteiger partial charge in [-0.3, -0.25) is 14.7 Å². The number of guanidine groups is 1. The van der Waals surface area contributed by atoms with Gasteiger partial charge in [-0.05, 0) is 61.0 Å². The van der Waals surface area contributed by atoms with E-state index in [0.717, 1.165) is 36.8 Å². The van der Waals surface area contributed by atoms with E-state index in [1.54, 1.807) is 7.05 Å². The number of nitrogens with zero attached hydrogens (tertiary/aromatic N) is 2. The van der Waals surface area contributed by atoms with E-state index in [-0.39, 0.29) is 5.91 Å². The average molecular weight is 442 g/mol. The molecule has 31 heavy (non-hydrogen) atoms. The van der Waals surface area contributed by atoms with Crippen molar-refractivity contribution in [1.29, 1.82) is 0 Å². The Kier molecular flexibility index (Phi) is 8.91. The summed E-state index contributed by atoms with van der Waals surface area (Å²) >= 11 is 1.82. The van der Waals surface area contributed by atoms with Crippen LogP contribution in [0.15, 0.2) is 46.8 Å². The highest BCUT2D eigenvalue weighted by molar-refractivity contribution is 7.10. The number of carbonyl (C=O) groups excluding carboxylic acids is 1. The van der Waals surface area contributed by atoms with Gasteiger partial charge < -0.3 is 16.0 Å². The lowest BCUT2D eigenvalue weighted by molar-refractivity contribution is -0.116. The molecule has 3 rings (SSSR count). The third-order valence-electron chi connectivity index (χ3n) is 5.40. The number of thiophene rings is 1. The zero-order valence-corrected chi connectivity index (χ0v) is 19.7.